The lowest BCUT2D eigenvalue weighted by Crippen LogP contribution is -2.32. The number of carbonyl (C=O) groups excluding carboxylic acids is 1. The van der Waals surface area contributed by atoms with E-state index in [1.165, 1.54) is 0 Å². The second-order valence-corrected chi connectivity index (χ2v) is 4.37. The van der Waals surface area contributed by atoms with Crippen molar-refractivity contribution < 1.29 is 9.53 Å². The molecular formula is C13H20N2O2. The predicted molar refractivity (Wildman–Crippen MR) is 68.6 cm³/mol. The van der Waals surface area contributed by atoms with E-state index < -0.39 is 0 Å². The molecule has 0 saturated carbocycles. The van der Waals surface area contributed by atoms with Crippen LogP contribution in [0.4, 0.5) is 5.82 Å². The molecule has 1 heterocycles. The first-order valence-electron chi connectivity index (χ1n) is 5.83. The number of rotatable bonds is 7. The molecule has 4 heteroatoms. The van der Waals surface area contributed by atoms with Crippen molar-refractivity contribution in [3.8, 4) is 0 Å². The molecule has 0 aromatic carbocycles. The Morgan fingerprint density at radius 3 is 2.88 bits per heavy atom. The minimum Gasteiger partial charge on any atom is -0.383 e. The second kappa shape index (κ2) is 7.01. The van der Waals surface area contributed by atoms with Crippen molar-refractivity contribution in [1.29, 1.82) is 0 Å². The molecule has 0 bridgehead atoms. The van der Waals surface area contributed by atoms with Crippen LogP contribution in [-0.2, 0) is 4.74 Å². The lowest BCUT2D eigenvalue weighted by atomic mass is 10.2. The number of hydrogen-bond donors (Lipinski definition) is 0. The van der Waals surface area contributed by atoms with E-state index in [1.54, 1.807) is 25.4 Å². The van der Waals surface area contributed by atoms with Crippen molar-refractivity contribution in [2.24, 2.45) is 5.92 Å². The van der Waals surface area contributed by atoms with Crippen molar-refractivity contribution in [1.82, 2.24) is 4.98 Å². The van der Waals surface area contributed by atoms with Gasteiger partial charge in [-0.2, -0.15) is 0 Å². The maximum absolute atomic E-state index is 11.0. The van der Waals surface area contributed by atoms with Crippen molar-refractivity contribution in [3.63, 3.8) is 0 Å². The van der Waals surface area contributed by atoms with Crippen LogP contribution in [0.25, 0.3) is 0 Å². The Morgan fingerprint density at radius 2 is 2.29 bits per heavy atom. The van der Waals surface area contributed by atoms with Crippen molar-refractivity contribution >= 4 is 12.1 Å². The molecule has 0 fully saturated rings. The number of methoxy groups -OCH3 is 1. The van der Waals surface area contributed by atoms with Gasteiger partial charge in [0.2, 0.25) is 0 Å². The summed E-state index contributed by atoms with van der Waals surface area (Å²) < 4.78 is 5.09. The fourth-order valence-electron chi connectivity index (χ4n) is 1.69. The van der Waals surface area contributed by atoms with Gasteiger partial charge >= 0.3 is 0 Å². The van der Waals surface area contributed by atoms with Gasteiger partial charge in [-0.3, -0.25) is 4.79 Å². The van der Waals surface area contributed by atoms with Crippen LogP contribution < -0.4 is 4.90 Å². The molecule has 4 nitrogen and oxygen atoms in total. The third-order valence-corrected chi connectivity index (χ3v) is 2.39. The first-order valence-corrected chi connectivity index (χ1v) is 5.83. The van der Waals surface area contributed by atoms with E-state index in [1.807, 2.05) is 0 Å². The minimum atomic E-state index is 0.508. The van der Waals surface area contributed by atoms with E-state index in [4.69, 9.17) is 4.74 Å². The highest BCUT2D eigenvalue weighted by Crippen LogP contribution is 2.16. The third kappa shape index (κ3) is 4.15. The highest BCUT2D eigenvalue weighted by atomic mass is 16.5. The van der Waals surface area contributed by atoms with Gasteiger partial charge in [0.05, 0.1) is 12.2 Å². The van der Waals surface area contributed by atoms with E-state index in [9.17, 15) is 4.79 Å². The molecule has 1 rings (SSSR count). The van der Waals surface area contributed by atoms with Crippen LogP contribution in [0.5, 0.6) is 0 Å². The molecule has 0 aliphatic rings. The zero-order chi connectivity index (χ0) is 12.7. The summed E-state index contributed by atoms with van der Waals surface area (Å²) in [5.41, 5.74) is 0.629. The Kier molecular flexibility index (Phi) is 5.63. The average Bonchev–Trinajstić information content (AvgIpc) is 2.34. The minimum absolute atomic E-state index is 0.508. The highest BCUT2D eigenvalue weighted by Gasteiger charge is 2.13. The molecule has 94 valence electrons. The lowest BCUT2D eigenvalue weighted by molar-refractivity contribution is 0.112. The third-order valence-electron chi connectivity index (χ3n) is 2.39. The van der Waals surface area contributed by atoms with E-state index in [0.29, 0.717) is 18.1 Å². The Labute approximate surface area is 103 Å². The molecule has 0 aliphatic carbocycles. The number of carbonyl (C=O) groups is 1. The van der Waals surface area contributed by atoms with Crippen LogP contribution >= 0.6 is 0 Å². The van der Waals surface area contributed by atoms with Gasteiger partial charge < -0.3 is 9.64 Å². The SMILES string of the molecule is COCCN(CC(C)C)c1ncccc1C=O. The monoisotopic (exact) mass is 236 g/mol. The summed E-state index contributed by atoms with van der Waals surface area (Å²) in [6.07, 6.45) is 2.56. The number of hydrogen-bond acceptors (Lipinski definition) is 4. The summed E-state index contributed by atoms with van der Waals surface area (Å²) in [6, 6.07) is 3.56. The number of pyridine rings is 1. The van der Waals surface area contributed by atoms with Crippen LogP contribution in [0.1, 0.15) is 24.2 Å². The first kappa shape index (κ1) is 13.6. The van der Waals surface area contributed by atoms with E-state index in [-0.39, 0.29) is 0 Å². The van der Waals surface area contributed by atoms with Crippen molar-refractivity contribution in [3.05, 3.63) is 23.9 Å². The van der Waals surface area contributed by atoms with Gasteiger partial charge in [-0.25, -0.2) is 4.98 Å². The number of aldehydes is 1. The molecule has 0 saturated heterocycles. The van der Waals surface area contributed by atoms with Crippen LogP contribution in [0.2, 0.25) is 0 Å². The van der Waals surface area contributed by atoms with Gasteiger partial charge in [0.25, 0.3) is 0 Å². The zero-order valence-corrected chi connectivity index (χ0v) is 10.7. The molecule has 0 spiro atoms. The average molecular weight is 236 g/mol. The summed E-state index contributed by atoms with van der Waals surface area (Å²) in [7, 11) is 1.67. The molecule has 0 radical (unpaired) electrons. The topological polar surface area (TPSA) is 42.4 Å². The second-order valence-electron chi connectivity index (χ2n) is 4.37. The van der Waals surface area contributed by atoms with Crippen LogP contribution in [0.3, 0.4) is 0 Å². The first-order chi connectivity index (χ1) is 8.19. The molecule has 17 heavy (non-hydrogen) atoms. The lowest BCUT2D eigenvalue weighted by Gasteiger charge is -2.26. The van der Waals surface area contributed by atoms with Gasteiger partial charge in [-0.1, -0.05) is 13.8 Å². The molecule has 0 N–H and O–H groups in total. The molecule has 1 aromatic heterocycles. The number of ether oxygens (including phenoxy) is 1. The van der Waals surface area contributed by atoms with Crippen LogP contribution in [-0.4, -0.2) is 38.1 Å². The van der Waals surface area contributed by atoms with Gasteiger partial charge in [-0.05, 0) is 18.1 Å². The molecule has 0 unspecified atom stereocenters. The van der Waals surface area contributed by atoms with Gasteiger partial charge in [-0.15, -0.1) is 0 Å². The molecule has 0 aliphatic heterocycles. The fourth-order valence-corrected chi connectivity index (χ4v) is 1.69. The van der Waals surface area contributed by atoms with E-state index in [2.05, 4.69) is 23.7 Å². The largest absolute Gasteiger partial charge is 0.383 e. The van der Waals surface area contributed by atoms with Crippen molar-refractivity contribution in [2.75, 3.05) is 31.7 Å². The van der Waals surface area contributed by atoms with E-state index >= 15 is 0 Å². The normalized spacial score (nSPS) is 10.6. The Hall–Kier alpha value is -1.42. The standard InChI is InChI=1S/C13H20N2O2/c1-11(2)9-15(7-8-17-3)13-12(10-16)5-4-6-14-13/h4-6,10-11H,7-9H2,1-3H3. The smallest absolute Gasteiger partial charge is 0.153 e. The summed E-state index contributed by atoms with van der Waals surface area (Å²) in [4.78, 5) is 17.4. The number of anilines is 1. The summed E-state index contributed by atoms with van der Waals surface area (Å²) >= 11 is 0. The molecule has 0 atom stereocenters. The van der Waals surface area contributed by atoms with Gasteiger partial charge in [0.1, 0.15) is 5.82 Å². The molecule has 0 amide bonds. The number of aromatic nitrogens is 1. The van der Waals surface area contributed by atoms with Crippen LogP contribution in [0, 0.1) is 5.92 Å². The quantitative estimate of drug-likeness (QED) is 0.679. The number of nitrogens with zero attached hydrogens (tertiary/aromatic N) is 2. The predicted octanol–water partition coefficient (Wildman–Crippen LogP) is 2.00. The zero-order valence-electron chi connectivity index (χ0n) is 10.7. The maximum atomic E-state index is 11.0. The van der Waals surface area contributed by atoms with Crippen molar-refractivity contribution in [2.45, 2.75) is 13.8 Å². The highest BCUT2D eigenvalue weighted by molar-refractivity contribution is 5.82. The van der Waals surface area contributed by atoms with E-state index in [0.717, 1.165) is 25.2 Å². The Morgan fingerprint density at radius 1 is 1.53 bits per heavy atom. The Bertz CT molecular complexity index is 353. The maximum Gasteiger partial charge on any atom is 0.153 e. The van der Waals surface area contributed by atoms with Crippen LogP contribution in [0.15, 0.2) is 18.3 Å². The summed E-state index contributed by atoms with van der Waals surface area (Å²) in [5, 5.41) is 0. The summed E-state index contributed by atoms with van der Waals surface area (Å²) in [6.45, 7) is 6.52. The Balaban J connectivity index is 2.90. The summed E-state index contributed by atoms with van der Waals surface area (Å²) in [5.74, 6) is 1.25. The van der Waals surface area contributed by atoms with Gasteiger partial charge in [0, 0.05) is 26.4 Å². The van der Waals surface area contributed by atoms with Gasteiger partial charge in [0.15, 0.2) is 6.29 Å². The molecular weight excluding hydrogens is 216 g/mol. The fraction of sp³-hybridized carbons (Fsp3) is 0.538. The molecule has 1 aromatic rings.